The van der Waals surface area contributed by atoms with E-state index in [1.807, 2.05) is 30.3 Å². The zero-order valence-electron chi connectivity index (χ0n) is 26.9. The predicted octanol–water partition coefficient (Wildman–Crippen LogP) is 10.1. The van der Waals surface area contributed by atoms with Gasteiger partial charge in [-0.3, -0.25) is 0 Å². The molecule has 0 aliphatic heterocycles. The van der Waals surface area contributed by atoms with Gasteiger partial charge in [0, 0.05) is 50.8 Å². The maximum absolute atomic E-state index is 10.2. The summed E-state index contributed by atoms with van der Waals surface area (Å²) in [6.07, 6.45) is 1.90. The van der Waals surface area contributed by atoms with E-state index in [9.17, 15) is 10.5 Å². The van der Waals surface area contributed by atoms with Crippen LogP contribution in [0.1, 0.15) is 16.8 Å². The Morgan fingerprint density at radius 1 is 0.633 bits per heavy atom. The molecule has 8 rings (SSSR count). The van der Waals surface area contributed by atoms with E-state index in [0.29, 0.717) is 11.1 Å². The van der Waals surface area contributed by atoms with E-state index in [0.717, 1.165) is 66.8 Å². The largest absolute Gasteiger partial charge is 0.326 e. The molecule has 5 heteroatoms. The van der Waals surface area contributed by atoms with Crippen LogP contribution >= 0.6 is 0 Å². The number of hydrogen-bond acceptors (Lipinski definition) is 3. The SMILES string of the molecule is Cc1c(/C=C(/C#N)CN)c2ccccc2n1-c1cccc(-c2cc(C#N)cc(-c3ccccc3-n3c4ccccc4c4ccccc43)c2)c1. The smallest absolute Gasteiger partial charge is 0.0992 e. The van der Waals surface area contributed by atoms with E-state index < -0.39 is 0 Å². The highest BCUT2D eigenvalue weighted by molar-refractivity contribution is 6.09. The van der Waals surface area contributed by atoms with E-state index in [1.54, 1.807) is 0 Å². The highest BCUT2D eigenvalue weighted by Gasteiger charge is 2.18. The lowest BCUT2D eigenvalue weighted by Crippen LogP contribution is -2.01. The first-order valence-electron chi connectivity index (χ1n) is 16.2. The maximum Gasteiger partial charge on any atom is 0.0992 e. The van der Waals surface area contributed by atoms with Crippen molar-refractivity contribution in [1.82, 2.24) is 9.13 Å². The molecule has 0 saturated heterocycles. The highest BCUT2D eigenvalue weighted by atomic mass is 15.0. The third-order valence-corrected chi connectivity index (χ3v) is 9.38. The Hall–Kier alpha value is -6.66. The monoisotopic (exact) mass is 629 g/mol. The third-order valence-electron chi connectivity index (χ3n) is 9.38. The van der Waals surface area contributed by atoms with Crippen LogP contribution in [0.3, 0.4) is 0 Å². The zero-order valence-corrected chi connectivity index (χ0v) is 26.9. The molecule has 232 valence electrons. The van der Waals surface area contributed by atoms with Gasteiger partial charge in [0.1, 0.15) is 0 Å². The van der Waals surface area contributed by atoms with Crippen LogP contribution in [-0.4, -0.2) is 15.7 Å². The number of para-hydroxylation sites is 4. The first-order valence-corrected chi connectivity index (χ1v) is 16.2. The van der Waals surface area contributed by atoms with Crippen LogP contribution in [-0.2, 0) is 0 Å². The summed E-state index contributed by atoms with van der Waals surface area (Å²) in [5.74, 6) is 0. The number of nitrogens with two attached hydrogens (primary N) is 1. The molecule has 49 heavy (non-hydrogen) atoms. The second-order valence-corrected chi connectivity index (χ2v) is 12.2. The van der Waals surface area contributed by atoms with Crippen molar-refractivity contribution in [2.75, 3.05) is 6.54 Å². The molecule has 0 spiro atoms. The first-order chi connectivity index (χ1) is 24.1. The normalized spacial score (nSPS) is 11.6. The van der Waals surface area contributed by atoms with Gasteiger partial charge in [-0.2, -0.15) is 10.5 Å². The van der Waals surface area contributed by atoms with E-state index in [2.05, 4.69) is 143 Å². The summed E-state index contributed by atoms with van der Waals surface area (Å²) < 4.78 is 4.55. The van der Waals surface area contributed by atoms with Crippen molar-refractivity contribution in [3.8, 4) is 45.8 Å². The molecule has 0 unspecified atom stereocenters. The lowest BCUT2D eigenvalue weighted by atomic mass is 9.95. The molecule has 5 nitrogen and oxygen atoms in total. The van der Waals surface area contributed by atoms with Crippen LogP contribution in [0.25, 0.3) is 72.4 Å². The first kappa shape index (κ1) is 29.7. The summed E-state index contributed by atoms with van der Waals surface area (Å²) in [7, 11) is 0. The van der Waals surface area contributed by atoms with Crippen molar-refractivity contribution in [2.45, 2.75) is 6.92 Å². The van der Waals surface area contributed by atoms with Crippen molar-refractivity contribution in [3.63, 3.8) is 0 Å². The number of hydrogen-bond donors (Lipinski definition) is 1. The van der Waals surface area contributed by atoms with E-state index in [1.165, 1.54) is 10.8 Å². The Kier molecular flexibility index (Phi) is 7.38. The fourth-order valence-corrected chi connectivity index (χ4v) is 7.15. The predicted molar refractivity (Wildman–Crippen MR) is 201 cm³/mol. The Balaban J connectivity index is 1.30. The van der Waals surface area contributed by atoms with Gasteiger partial charge in [0.15, 0.2) is 0 Å². The molecule has 0 atom stereocenters. The number of nitrogens with zero attached hydrogens (tertiary/aromatic N) is 4. The zero-order chi connectivity index (χ0) is 33.5. The summed E-state index contributed by atoms with van der Waals surface area (Å²) in [4.78, 5) is 0. The molecule has 8 aromatic rings. The number of nitriles is 2. The van der Waals surface area contributed by atoms with Crippen LogP contribution in [0, 0.1) is 29.6 Å². The molecule has 0 aliphatic rings. The maximum atomic E-state index is 10.2. The van der Waals surface area contributed by atoms with Gasteiger partial charge in [0.2, 0.25) is 0 Å². The number of fused-ring (bicyclic) bond motifs is 4. The van der Waals surface area contributed by atoms with Crippen LogP contribution in [0.4, 0.5) is 0 Å². The van der Waals surface area contributed by atoms with E-state index >= 15 is 0 Å². The molecule has 0 aliphatic carbocycles. The Bertz CT molecular complexity index is 2640. The molecule has 0 fully saturated rings. The Labute approximate surface area is 284 Å². The van der Waals surface area contributed by atoms with Crippen molar-refractivity contribution >= 4 is 38.8 Å². The van der Waals surface area contributed by atoms with Crippen molar-refractivity contribution in [3.05, 3.63) is 162 Å². The van der Waals surface area contributed by atoms with Gasteiger partial charge in [-0.25, -0.2) is 0 Å². The standard InChI is InChI=1S/C44H31N5/c1-29-40(23-31(27-46)28-47)39-16-5-7-18-42(39)48(29)35-12-10-11-32(25-35)33-21-30(26-45)22-34(24-33)36-13-2-6-17-41(36)49-43-19-8-3-14-37(43)38-15-4-9-20-44(38)49/h2-25H,27,46H2,1H3/b31-23+. The summed E-state index contributed by atoms with van der Waals surface area (Å²) in [6, 6.07) is 52.8. The Morgan fingerprint density at radius 3 is 1.92 bits per heavy atom. The van der Waals surface area contributed by atoms with Gasteiger partial charge in [0.25, 0.3) is 0 Å². The van der Waals surface area contributed by atoms with E-state index in [4.69, 9.17) is 5.73 Å². The molecule has 2 N–H and O–H groups in total. The summed E-state index contributed by atoms with van der Waals surface area (Å²) >= 11 is 0. The van der Waals surface area contributed by atoms with Gasteiger partial charge < -0.3 is 14.9 Å². The highest BCUT2D eigenvalue weighted by Crippen LogP contribution is 2.38. The minimum atomic E-state index is 0.183. The van der Waals surface area contributed by atoms with Crippen LogP contribution in [0.2, 0.25) is 0 Å². The molecule has 0 amide bonds. The number of benzene rings is 6. The van der Waals surface area contributed by atoms with Gasteiger partial charge in [0.05, 0.1) is 39.9 Å². The summed E-state index contributed by atoms with van der Waals surface area (Å²) in [5, 5.41) is 23.3. The summed E-state index contributed by atoms with van der Waals surface area (Å²) in [5.41, 5.74) is 18.3. The van der Waals surface area contributed by atoms with Gasteiger partial charge in [-0.1, -0.05) is 84.9 Å². The molecule has 2 aromatic heterocycles. The minimum Gasteiger partial charge on any atom is -0.326 e. The molecular weight excluding hydrogens is 599 g/mol. The van der Waals surface area contributed by atoms with Gasteiger partial charge >= 0.3 is 0 Å². The molecule has 6 aromatic carbocycles. The van der Waals surface area contributed by atoms with Crippen LogP contribution < -0.4 is 5.73 Å². The molecular formula is C44H31N5. The second-order valence-electron chi connectivity index (χ2n) is 12.2. The quantitative estimate of drug-likeness (QED) is 0.186. The van der Waals surface area contributed by atoms with E-state index in [-0.39, 0.29) is 6.54 Å². The third kappa shape index (κ3) is 4.98. The van der Waals surface area contributed by atoms with Crippen molar-refractivity contribution in [1.29, 1.82) is 10.5 Å². The average molecular weight is 630 g/mol. The fraction of sp³-hybridized carbons (Fsp3) is 0.0455. The molecule has 0 bridgehead atoms. The van der Waals surface area contributed by atoms with Gasteiger partial charge in [-0.15, -0.1) is 0 Å². The van der Waals surface area contributed by atoms with Crippen molar-refractivity contribution in [2.24, 2.45) is 5.73 Å². The fourth-order valence-electron chi connectivity index (χ4n) is 7.15. The Morgan fingerprint density at radius 2 is 1.24 bits per heavy atom. The lowest BCUT2D eigenvalue weighted by Gasteiger charge is -2.16. The van der Waals surface area contributed by atoms with Crippen LogP contribution in [0.15, 0.2) is 145 Å². The molecule has 0 radical (unpaired) electrons. The van der Waals surface area contributed by atoms with Crippen molar-refractivity contribution < 1.29 is 0 Å². The molecule has 0 saturated carbocycles. The van der Waals surface area contributed by atoms with Gasteiger partial charge in [-0.05, 0) is 84.3 Å². The minimum absolute atomic E-state index is 0.183. The second kappa shape index (κ2) is 12.2. The van der Waals surface area contributed by atoms with Crippen LogP contribution in [0.5, 0.6) is 0 Å². The summed E-state index contributed by atoms with van der Waals surface area (Å²) in [6.45, 7) is 2.26. The number of rotatable bonds is 6. The average Bonchev–Trinajstić information content (AvgIpc) is 3.64. The topological polar surface area (TPSA) is 83.5 Å². The lowest BCUT2D eigenvalue weighted by molar-refractivity contribution is 1.05. The number of aromatic nitrogens is 2. The molecule has 2 heterocycles.